The second-order valence-electron chi connectivity index (χ2n) is 5.00. The van der Waals surface area contributed by atoms with Crippen molar-refractivity contribution in [2.75, 3.05) is 13.2 Å². The van der Waals surface area contributed by atoms with Gasteiger partial charge in [-0.2, -0.15) is 0 Å². The Morgan fingerprint density at radius 3 is 2.53 bits per heavy atom. The summed E-state index contributed by atoms with van der Waals surface area (Å²) in [5, 5.41) is 3.60. The molecule has 2 nitrogen and oxygen atoms in total. The molecule has 17 heavy (non-hydrogen) atoms. The Kier molecular flexibility index (Phi) is 4.13. The molecule has 3 heteroatoms. The summed E-state index contributed by atoms with van der Waals surface area (Å²) in [6.45, 7) is 5.98. The Labute approximate surface area is 102 Å². The maximum atomic E-state index is 12.9. The van der Waals surface area contributed by atoms with Gasteiger partial charge in [0, 0.05) is 18.7 Å². The summed E-state index contributed by atoms with van der Waals surface area (Å²) in [5.74, 6) is 0.293. The van der Waals surface area contributed by atoms with Gasteiger partial charge in [-0.3, -0.25) is 0 Å². The predicted octanol–water partition coefficient (Wildman–Crippen LogP) is 2.90. The molecule has 1 aliphatic heterocycles. The van der Waals surface area contributed by atoms with Crippen LogP contribution in [-0.2, 0) is 4.74 Å². The number of halogens is 1. The molecule has 2 unspecified atom stereocenters. The lowest BCUT2D eigenvalue weighted by Gasteiger charge is -2.26. The summed E-state index contributed by atoms with van der Waals surface area (Å²) in [5.41, 5.74) is 1.15. The quantitative estimate of drug-likeness (QED) is 0.869. The first-order chi connectivity index (χ1) is 8.16. The lowest BCUT2D eigenvalue weighted by atomic mass is 9.95. The zero-order chi connectivity index (χ0) is 12.3. The highest BCUT2D eigenvalue weighted by molar-refractivity contribution is 5.20. The molecule has 1 aromatic rings. The third-order valence-electron chi connectivity index (χ3n) is 3.24. The molecule has 0 spiro atoms. The van der Waals surface area contributed by atoms with Gasteiger partial charge in [-0.1, -0.05) is 26.0 Å². The molecule has 0 aromatic heterocycles. The fourth-order valence-electron chi connectivity index (χ4n) is 2.26. The maximum absolute atomic E-state index is 12.9. The largest absolute Gasteiger partial charge is 0.380 e. The van der Waals surface area contributed by atoms with Gasteiger partial charge in [-0.05, 0) is 30.0 Å². The molecule has 1 N–H and O–H groups in total. The Hall–Kier alpha value is -0.930. The SMILES string of the molecule is CC(C)C(NC1CCOC1)c1ccc(F)cc1. The van der Waals surface area contributed by atoms with Gasteiger partial charge in [0.1, 0.15) is 5.82 Å². The highest BCUT2D eigenvalue weighted by Crippen LogP contribution is 2.23. The van der Waals surface area contributed by atoms with E-state index in [9.17, 15) is 4.39 Å². The first kappa shape index (κ1) is 12.5. The molecule has 1 saturated heterocycles. The van der Waals surface area contributed by atoms with Crippen LogP contribution in [0.4, 0.5) is 4.39 Å². The van der Waals surface area contributed by atoms with E-state index >= 15 is 0 Å². The monoisotopic (exact) mass is 237 g/mol. The van der Waals surface area contributed by atoms with E-state index < -0.39 is 0 Å². The molecular formula is C14H20FNO. The van der Waals surface area contributed by atoms with Crippen molar-refractivity contribution in [3.8, 4) is 0 Å². The van der Waals surface area contributed by atoms with Crippen molar-refractivity contribution in [3.05, 3.63) is 35.6 Å². The molecule has 1 heterocycles. The second kappa shape index (κ2) is 5.61. The first-order valence-corrected chi connectivity index (χ1v) is 6.26. The van der Waals surface area contributed by atoms with Gasteiger partial charge >= 0.3 is 0 Å². The average molecular weight is 237 g/mol. The fourth-order valence-corrected chi connectivity index (χ4v) is 2.26. The maximum Gasteiger partial charge on any atom is 0.123 e. The van der Waals surface area contributed by atoms with Crippen LogP contribution in [0.25, 0.3) is 0 Å². The summed E-state index contributed by atoms with van der Waals surface area (Å²) in [6.07, 6.45) is 1.06. The topological polar surface area (TPSA) is 21.3 Å². The van der Waals surface area contributed by atoms with Crippen LogP contribution in [-0.4, -0.2) is 19.3 Å². The highest BCUT2D eigenvalue weighted by Gasteiger charge is 2.22. The third kappa shape index (κ3) is 3.27. The van der Waals surface area contributed by atoms with Crippen molar-refractivity contribution in [1.29, 1.82) is 0 Å². The molecule has 1 aromatic carbocycles. The minimum atomic E-state index is -0.180. The van der Waals surface area contributed by atoms with Gasteiger partial charge in [0.25, 0.3) is 0 Å². The van der Waals surface area contributed by atoms with Crippen LogP contribution in [0.3, 0.4) is 0 Å². The number of hydrogen-bond acceptors (Lipinski definition) is 2. The Balaban J connectivity index is 2.08. The van der Waals surface area contributed by atoms with Crippen LogP contribution in [0.15, 0.2) is 24.3 Å². The van der Waals surface area contributed by atoms with E-state index in [1.165, 1.54) is 12.1 Å². The zero-order valence-electron chi connectivity index (χ0n) is 10.4. The lowest BCUT2D eigenvalue weighted by molar-refractivity contribution is 0.186. The van der Waals surface area contributed by atoms with E-state index in [0.717, 1.165) is 25.2 Å². The van der Waals surface area contributed by atoms with Gasteiger partial charge < -0.3 is 10.1 Å². The molecule has 0 amide bonds. The standard InChI is InChI=1S/C14H20FNO/c1-10(2)14(16-13-7-8-17-9-13)11-3-5-12(15)6-4-11/h3-6,10,13-14,16H,7-9H2,1-2H3. The molecule has 2 rings (SSSR count). The van der Waals surface area contributed by atoms with Crippen LogP contribution >= 0.6 is 0 Å². The Morgan fingerprint density at radius 1 is 1.29 bits per heavy atom. The fraction of sp³-hybridized carbons (Fsp3) is 0.571. The summed E-state index contributed by atoms with van der Waals surface area (Å²) in [6, 6.07) is 7.47. The van der Waals surface area contributed by atoms with E-state index in [4.69, 9.17) is 4.74 Å². The highest BCUT2D eigenvalue weighted by atomic mass is 19.1. The Morgan fingerprint density at radius 2 is 2.00 bits per heavy atom. The van der Waals surface area contributed by atoms with E-state index in [2.05, 4.69) is 19.2 Å². The van der Waals surface area contributed by atoms with E-state index in [0.29, 0.717) is 12.0 Å². The first-order valence-electron chi connectivity index (χ1n) is 6.26. The number of hydrogen-bond donors (Lipinski definition) is 1. The average Bonchev–Trinajstić information content (AvgIpc) is 2.80. The molecule has 0 radical (unpaired) electrons. The van der Waals surface area contributed by atoms with E-state index in [1.54, 1.807) is 0 Å². The van der Waals surface area contributed by atoms with Gasteiger partial charge in [-0.25, -0.2) is 4.39 Å². The van der Waals surface area contributed by atoms with Crippen molar-refractivity contribution < 1.29 is 9.13 Å². The number of benzene rings is 1. The normalized spacial score (nSPS) is 22.0. The Bertz CT molecular complexity index is 344. The van der Waals surface area contributed by atoms with Crippen molar-refractivity contribution in [1.82, 2.24) is 5.32 Å². The van der Waals surface area contributed by atoms with Crippen LogP contribution in [0, 0.1) is 11.7 Å². The predicted molar refractivity (Wildman–Crippen MR) is 66.3 cm³/mol. The third-order valence-corrected chi connectivity index (χ3v) is 3.24. The molecule has 2 atom stereocenters. The molecule has 0 saturated carbocycles. The van der Waals surface area contributed by atoms with Crippen molar-refractivity contribution >= 4 is 0 Å². The van der Waals surface area contributed by atoms with Gasteiger partial charge in [0.15, 0.2) is 0 Å². The summed E-state index contributed by atoms with van der Waals surface area (Å²) in [7, 11) is 0. The van der Waals surface area contributed by atoms with Crippen LogP contribution in [0.5, 0.6) is 0 Å². The minimum Gasteiger partial charge on any atom is -0.380 e. The smallest absolute Gasteiger partial charge is 0.123 e. The van der Waals surface area contributed by atoms with Crippen LogP contribution in [0.1, 0.15) is 31.9 Å². The molecule has 0 bridgehead atoms. The van der Waals surface area contributed by atoms with Crippen LogP contribution in [0.2, 0.25) is 0 Å². The molecule has 94 valence electrons. The summed E-state index contributed by atoms with van der Waals surface area (Å²) in [4.78, 5) is 0. The lowest BCUT2D eigenvalue weighted by Crippen LogP contribution is -2.35. The van der Waals surface area contributed by atoms with Gasteiger partial charge in [0.2, 0.25) is 0 Å². The molecule has 1 aliphatic rings. The number of ether oxygens (including phenoxy) is 1. The van der Waals surface area contributed by atoms with Crippen molar-refractivity contribution in [2.45, 2.75) is 32.4 Å². The molecular weight excluding hydrogens is 217 g/mol. The second-order valence-corrected chi connectivity index (χ2v) is 5.00. The minimum absolute atomic E-state index is 0.180. The van der Waals surface area contributed by atoms with Gasteiger partial charge in [-0.15, -0.1) is 0 Å². The van der Waals surface area contributed by atoms with Crippen molar-refractivity contribution in [3.63, 3.8) is 0 Å². The van der Waals surface area contributed by atoms with Gasteiger partial charge in [0.05, 0.1) is 6.61 Å². The van der Waals surface area contributed by atoms with Crippen molar-refractivity contribution in [2.24, 2.45) is 5.92 Å². The van der Waals surface area contributed by atoms with E-state index in [-0.39, 0.29) is 11.9 Å². The van der Waals surface area contributed by atoms with Crippen LogP contribution < -0.4 is 5.32 Å². The summed E-state index contributed by atoms with van der Waals surface area (Å²) >= 11 is 0. The number of nitrogens with one attached hydrogen (secondary N) is 1. The molecule has 0 aliphatic carbocycles. The summed E-state index contributed by atoms with van der Waals surface area (Å²) < 4.78 is 18.3. The number of rotatable bonds is 4. The van der Waals surface area contributed by atoms with E-state index in [1.807, 2.05) is 12.1 Å². The zero-order valence-corrected chi connectivity index (χ0v) is 10.4. The molecule has 1 fully saturated rings.